The number of hydrogen-bond acceptors (Lipinski definition) is 3. The van der Waals surface area contributed by atoms with Crippen LogP contribution in [-0.2, 0) is 13.1 Å². The van der Waals surface area contributed by atoms with Crippen molar-refractivity contribution in [2.24, 2.45) is 0 Å². The molecule has 2 aliphatic rings. The molecule has 3 heterocycles. The maximum atomic E-state index is 14.4. The first kappa shape index (κ1) is 18.8. The van der Waals surface area contributed by atoms with Crippen molar-refractivity contribution >= 4 is 22.5 Å². The van der Waals surface area contributed by atoms with Crippen molar-refractivity contribution in [3.63, 3.8) is 0 Å². The lowest BCUT2D eigenvalue weighted by molar-refractivity contribution is 0.0994. The summed E-state index contributed by atoms with van der Waals surface area (Å²) in [6.45, 7) is 2.33. The van der Waals surface area contributed by atoms with Crippen LogP contribution in [0.25, 0.3) is 10.9 Å². The highest BCUT2D eigenvalue weighted by Gasteiger charge is 2.34. The van der Waals surface area contributed by atoms with E-state index in [9.17, 15) is 9.18 Å². The first-order chi connectivity index (χ1) is 14.6. The predicted octanol–water partition coefficient (Wildman–Crippen LogP) is 4.13. The normalized spacial score (nSPS) is 18.4. The Labute approximate surface area is 175 Å². The first-order valence-electron chi connectivity index (χ1n) is 10.1. The van der Waals surface area contributed by atoms with E-state index in [-0.39, 0.29) is 5.91 Å². The standard InChI is InChI=1S/C25H21FN3O/c1-2-25(26)10-13-28(14-11-25)16-18-15-21-22(23-20(18)9-6-12-27-23)17-29(24(21)30)19-7-4-3-5-8-19/h1,3-4,6-9,12,15H,10-11,13-14,16-17H2. The monoisotopic (exact) mass is 398 g/mol. The smallest absolute Gasteiger partial charge is 0.259 e. The molecule has 2 aliphatic heterocycles. The zero-order chi connectivity index (χ0) is 20.7. The molecule has 0 spiro atoms. The number of halogens is 1. The van der Waals surface area contributed by atoms with Crippen LogP contribution >= 0.6 is 0 Å². The average molecular weight is 398 g/mol. The molecule has 1 saturated heterocycles. The Hall–Kier alpha value is -3.23. The summed E-state index contributed by atoms with van der Waals surface area (Å²) in [7, 11) is 0. The van der Waals surface area contributed by atoms with Crippen molar-refractivity contribution in [2.75, 3.05) is 18.0 Å². The molecule has 5 heteroatoms. The molecule has 0 N–H and O–H groups in total. The van der Waals surface area contributed by atoms with Gasteiger partial charge in [0.1, 0.15) is 0 Å². The molecule has 4 nitrogen and oxygen atoms in total. The van der Waals surface area contributed by atoms with E-state index in [4.69, 9.17) is 6.42 Å². The minimum Gasteiger partial charge on any atom is -0.304 e. The molecule has 5 rings (SSSR count). The third-order valence-corrected chi connectivity index (χ3v) is 6.18. The number of anilines is 1. The largest absolute Gasteiger partial charge is 0.304 e. The number of terminal acetylenes is 1. The summed E-state index contributed by atoms with van der Waals surface area (Å²) in [6.07, 6.45) is 7.79. The van der Waals surface area contributed by atoms with Gasteiger partial charge in [-0.25, -0.2) is 4.39 Å². The average Bonchev–Trinajstić information content (AvgIpc) is 3.13. The molecular formula is C25H21FN3O. The van der Waals surface area contributed by atoms with E-state index < -0.39 is 5.67 Å². The fourth-order valence-electron chi connectivity index (χ4n) is 4.44. The molecule has 149 valence electrons. The topological polar surface area (TPSA) is 36.4 Å². The zero-order valence-electron chi connectivity index (χ0n) is 16.6. The lowest BCUT2D eigenvalue weighted by Gasteiger charge is -2.33. The van der Waals surface area contributed by atoms with Gasteiger partial charge in [-0.05, 0) is 35.9 Å². The van der Waals surface area contributed by atoms with Gasteiger partial charge in [-0.3, -0.25) is 14.7 Å². The third-order valence-electron chi connectivity index (χ3n) is 6.18. The number of carbonyl (C=O) groups excluding carboxylic acids is 1. The van der Waals surface area contributed by atoms with Gasteiger partial charge < -0.3 is 4.90 Å². The van der Waals surface area contributed by atoms with Crippen molar-refractivity contribution in [1.82, 2.24) is 9.88 Å². The molecule has 3 aromatic rings. The number of hydrogen-bond donors (Lipinski definition) is 0. The van der Waals surface area contributed by atoms with Crippen LogP contribution in [0.3, 0.4) is 0 Å². The number of nitrogens with zero attached hydrogens (tertiary/aromatic N) is 3. The summed E-state index contributed by atoms with van der Waals surface area (Å²) in [5.41, 5.74) is 2.88. The number of piperidine rings is 1. The number of likely N-dealkylation sites (tertiary alicyclic amines) is 1. The van der Waals surface area contributed by atoms with Gasteiger partial charge in [0.05, 0.1) is 12.1 Å². The molecule has 1 fully saturated rings. The molecule has 0 saturated carbocycles. The summed E-state index contributed by atoms with van der Waals surface area (Å²) < 4.78 is 14.4. The van der Waals surface area contributed by atoms with Gasteiger partial charge in [-0.15, -0.1) is 6.42 Å². The molecule has 0 unspecified atom stereocenters. The van der Waals surface area contributed by atoms with E-state index in [1.807, 2.05) is 42.5 Å². The van der Waals surface area contributed by atoms with Crippen molar-refractivity contribution in [3.8, 4) is 12.3 Å². The highest BCUT2D eigenvalue weighted by atomic mass is 19.1. The molecule has 1 amide bonds. The Morgan fingerprint density at radius 3 is 2.83 bits per heavy atom. The summed E-state index contributed by atoms with van der Waals surface area (Å²) >= 11 is 0. The van der Waals surface area contributed by atoms with Crippen LogP contribution in [0, 0.1) is 18.4 Å². The SMILES string of the molecule is C#CC1(F)CCN(Cc2cc3c(c4ncccc24)CN(c2c[c]ccc2)C3=O)CC1. The van der Waals surface area contributed by atoms with Gasteiger partial charge in [0.15, 0.2) is 5.67 Å². The van der Waals surface area contributed by atoms with Gasteiger partial charge in [0.25, 0.3) is 5.91 Å². The number of aromatic nitrogens is 1. The zero-order valence-corrected chi connectivity index (χ0v) is 16.6. The summed E-state index contributed by atoms with van der Waals surface area (Å²) in [6, 6.07) is 16.4. The molecule has 0 aliphatic carbocycles. The van der Waals surface area contributed by atoms with E-state index in [2.05, 4.69) is 21.9 Å². The minimum atomic E-state index is -1.50. The van der Waals surface area contributed by atoms with Crippen LogP contribution in [0.1, 0.15) is 34.3 Å². The van der Waals surface area contributed by atoms with Crippen LogP contribution in [0.15, 0.2) is 48.7 Å². The highest BCUT2D eigenvalue weighted by molar-refractivity contribution is 6.13. The lowest BCUT2D eigenvalue weighted by atomic mass is 9.93. The Morgan fingerprint density at radius 2 is 2.10 bits per heavy atom. The number of alkyl halides is 1. The fourth-order valence-corrected chi connectivity index (χ4v) is 4.44. The number of rotatable bonds is 3. The molecular weight excluding hydrogens is 377 g/mol. The number of benzene rings is 2. The fraction of sp³-hybridized carbons (Fsp3) is 0.280. The van der Waals surface area contributed by atoms with Gasteiger partial charge in [-0.1, -0.05) is 24.1 Å². The van der Waals surface area contributed by atoms with Crippen molar-refractivity contribution in [2.45, 2.75) is 31.6 Å². The molecule has 0 bridgehead atoms. The van der Waals surface area contributed by atoms with Crippen molar-refractivity contribution in [3.05, 3.63) is 71.4 Å². The van der Waals surface area contributed by atoms with E-state index in [0.717, 1.165) is 27.7 Å². The second-order valence-corrected chi connectivity index (χ2v) is 8.00. The van der Waals surface area contributed by atoms with Gasteiger partial charge in [0.2, 0.25) is 0 Å². The molecule has 30 heavy (non-hydrogen) atoms. The van der Waals surface area contributed by atoms with Crippen molar-refractivity contribution < 1.29 is 9.18 Å². The quantitative estimate of drug-likeness (QED) is 0.623. The third kappa shape index (κ3) is 3.14. The summed E-state index contributed by atoms with van der Waals surface area (Å²) in [5.74, 6) is 2.28. The van der Waals surface area contributed by atoms with Crippen LogP contribution in [0.5, 0.6) is 0 Å². The second-order valence-electron chi connectivity index (χ2n) is 8.00. The summed E-state index contributed by atoms with van der Waals surface area (Å²) in [5, 5.41) is 1.04. The molecule has 1 aromatic heterocycles. The highest BCUT2D eigenvalue weighted by Crippen LogP contribution is 2.35. The van der Waals surface area contributed by atoms with Crippen LogP contribution in [0.4, 0.5) is 10.1 Å². The van der Waals surface area contributed by atoms with Gasteiger partial charge >= 0.3 is 0 Å². The Bertz CT molecular complexity index is 1160. The second kappa shape index (κ2) is 7.23. The Balaban J connectivity index is 1.50. The van der Waals surface area contributed by atoms with Crippen LogP contribution < -0.4 is 4.90 Å². The van der Waals surface area contributed by atoms with E-state index in [1.54, 1.807) is 11.1 Å². The minimum absolute atomic E-state index is 0.0212. The van der Waals surface area contributed by atoms with E-state index >= 15 is 0 Å². The van der Waals surface area contributed by atoms with Crippen molar-refractivity contribution in [1.29, 1.82) is 0 Å². The maximum absolute atomic E-state index is 14.4. The van der Waals surface area contributed by atoms with Gasteiger partial charge in [0, 0.05) is 60.9 Å². The molecule has 1 radical (unpaired) electrons. The first-order valence-corrected chi connectivity index (χ1v) is 10.1. The predicted molar refractivity (Wildman–Crippen MR) is 115 cm³/mol. The Morgan fingerprint density at radius 1 is 1.27 bits per heavy atom. The number of carbonyl (C=O) groups is 1. The number of fused-ring (bicyclic) bond motifs is 3. The Kier molecular flexibility index (Phi) is 4.52. The van der Waals surface area contributed by atoms with E-state index in [1.165, 1.54) is 0 Å². The van der Waals surface area contributed by atoms with E-state index in [0.29, 0.717) is 44.6 Å². The number of pyridine rings is 1. The summed E-state index contributed by atoms with van der Waals surface area (Å²) in [4.78, 5) is 21.8. The molecule has 2 aromatic carbocycles. The van der Waals surface area contributed by atoms with Crippen LogP contribution in [-0.4, -0.2) is 34.5 Å². The molecule has 0 atom stereocenters. The lowest BCUT2D eigenvalue weighted by Crippen LogP contribution is -2.40. The van der Waals surface area contributed by atoms with Crippen LogP contribution in [0.2, 0.25) is 0 Å². The van der Waals surface area contributed by atoms with Gasteiger partial charge in [-0.2, -0.15) is 0 Å². The number of amides is 1. The maximum Gasteiger partial charge on any atom is 0.259 e.